The van der Waals surface area contributed by atoms with Gasteiger partial charge in [-0.3, -0.25) is 9.69 Å². The molecule has 1 aliphatic heterocycles. The molecule has 0 saturated carbocycles. The third-order valence-corrected chi connectivity index (χ3v) is 4.69. The summed E-state index contributed by atoms with van der Waals surface area (Å²) in [5.74, 6) is 0.385. The molecule has 154 valence electrons. The van der Waals surface area contributed by atoms with Gasteiger partial charge in [0.25, 0.3) is 0 Å². The van der Waals surface area contributed by atoms with Crippen LogP contribution in [0.15, 0.2) is 42.5 Å². The van der Waals surface area contributed by atoms with E-state index < -0.39 is 6.36 Å². The van der Waals surface area contributed by atoms with Crippen molar-refractivity contribution in [1.82, 2.24) is 4.90 Å². The number of hydrogen-bond donors (Lipinski definition) is 0. The normalized spacial score (nSPS) is 15.0. The summed E-state index contributed by atoms with van der Waals surface area (Å²) in [5, 5.41) is 0. The topological polar surface area (TPSA) is 38.8 Å². The first kappa shape index (κ1) is 20.9. The monoisotopic (exact) mass is 405 g/mol. The lowest BCUT2D eigenvalue weighted by molar-refractivity contribution is -0.274. The van der Waals surface area contributed by atoms with Gasteiger partial charge in [-0.1, -0.05) is 24.3 Å². The van der Waals surface area contributed by atoms with Crippen LogP contribution in [0.3, 0.4) is 0 Å². The Labute approximate surface area is 167 Å². The molecule has 0 aromatic heterocycles. The van der Waals surface area contributed by atoms with Gasteiger partial charge in [0.1, 0.15) is 11.5 Å². The maximum absolute atomic E-state index is 12.6. The first-order valence-electron chi connectivity index (χ1n) is 9.31. The van der Waals surface area contributed by atoms with Crippen LogP contribution in [0.5, 0.6) is 11.5 Å². The van der Waals surface area contributed by atoms with Crippen molar-refractivity contribution in [1.29, 1.82) is 0 Å². The van der Waals surface area contributed by atoms with Crippen LogP contribution in [0.4, 0.5) is 13.2 Å². The fraction of sp³-hybridized carbons (Fsp3) is 0.318. The van der Waals surface area contributed by atoms with Crippen LogP contribution in [0.1, 0.15) is 34.3 Å². The van der Waals surface area contributed by atoms with Crippen molar-refractivity contribution in [2.45, 2.75) is 19.2 Å². The molecule has 2 aromatic carbocycles. The zero-order chi connectivity index (χ0) is 20.9. The molecule has 0 bridgehead atoms. The Morgan fingerprint density at radius 3 is 2.38 bits per heavy atom. The highest BCUT2D eigenvalue weighted by Crippen LogP contribution is 2.25. The number of Topliss-reactive ketones (excluding diaryl/α,β-unsaturated/α-hetero) is 1. The van der Waals surface area contributed by atoms with E-state index >= 15 is 0 Å². The summed E-state index contributed by atoms with van der Waals surface area (Å²) in [6.07, 6.45) is 1.04. The molecule has 1 aliphatic rings. The van der Waals surface area contributed by atoms with Gasteiger partial charge in [-0.2, -0.15) is 0 Å². The van der Waals surface area contributed by atoms with Gasteiger partial charge in [-0.25, -0.2) is 0 Å². The predicted molar refractivity (Wildman–Crippen MR) is 105 cm³/mol. The molecule has 4 nitrogen and oxygen atoms in total. The number of ketones is 1. The molecule has 0 spiro atoms. The number of likely N-dealkylation sites (tertiary alicyclic amines) is 1. The van der Waals surface area contributed by atoms with Gasteiger partial charge in [0.05, 0.1) is 13.7 Å². The number of alkyl halides is 3. The lowest BCUT2D eigenvalue weighted by atomic mass is 10.0. The first-order chi connectivity index (χ1) is 13.8. The number of benzene rings is 2. The van der Waals surface area contributed by atoms with Gasteiger partial charge >= 0.3 is 6.36 Å². The zero-order valence-corrected chi connectivity index (χ0v) is 16.0. The van der Waals surface area contributed by atoms with Gasteiger partial charge in [-0.05, 0) is 61.8 Å². The quantitative estimate of drug-likeness (QED) is 0.478. The Hall–Kier alpha value is -2.80. The molecule has 0 N–H and O–H groups in total. The van der Waals surface area contributed by atoms with E-state index in [1.54, 1.807) is 37.5 Å². The minimum Gasteiger partial charge on any atom is -0.496 e. The van der Waals surface area contributed by atoms with Gasteiger partial charge in [0, 0.05) is 11.1 Å². The number of nitrogens with zero attached hydrogens (tertiary/aromatic N) is 1. The first-order valence-corrected chi connectivity index (χ1v) is 9.31. The molecule has 29 heavy (non-hydrogen) atoms. The van der Waals surface area contributed by atoms with Gasteiger partial charge in [0.15, 0.2) is 5.78 Å². The van der Waals surface area contributed by atoms with E-state index in [1.807, 2.05) is 0 Å². The van der Waals surface area contributed by atoms with E-state index in [2.05, 4.69) is 9.64 Å². The fourth-order valence-corrected chi connectivity index (χ4v) is 3.24. The largest absolute Gasteiger partial charge is 0.573 e. The average Bonchev–Trinajstić information content (AvgIpc) is 3.19. The van der Waals surface area contributed by atoms with Crippen molar-refractivity contribution in [3.8, 4) is 11.5 Å². The van der Waals surface area contributed by atoms with Gasteiger partial charge < -0.3 is 9.47 Å². The third kappa shape index (κ3) is 6.09. The lowest BCUT2D eigenvalue weighted by Gasteiger charge is -2.14. The van der Waals surface area contributed by atoms with Crippen LogP contribution in [-0.2, 0) is 0 Å². The zero-order valence-electron chi connectivity index (χ0n) is 16.0. The molecule has 1 fully saturated rings. The highest BCUT2D eigenvalue weighted by molar-refractivity contribution is 5.98. The lowest BCUT2D eigenvalue weighted by Crippen LogP contribution is -2.26. The number of hydrogen-bond acceptors (Lipinski definition) is 4. The standard InChI is InChI=1S/C22H22F3NO3/c1-28-21-11-8-17(20(27)15-26-12-2-3-13-26)14-18(21)7-4-16-5-9-19(10-6-16)29-22(23,24)25/h4-11,14H,2-3,12-13,15H2,1H3/b7-4+. The highest BCUT2D eigenvalue weighted by Gasteiger charge is 2.30. The second kappa shape index (κ2) is 9.13. The van der Waals surface area contributed by atoms with Crippen molar-refractivity contribution in [2.24, 2.45) is 0 Å². The molecule has 1 heterocycles. The van der Waals surface area contributed by atoms with Gasteiger partial charge in [-0.15, -0.1) is 13.2 Å². The molecular weight excluding hydrogens is 383 g/mol. The highest BCUT2D eigenvalue weighted by atomic mass is 19.4. The number of ether oxygens (including phenoxy) is 2. The van der Waals surface area contributed by atoms with Crippen molar-refractivity contribution >= 4 is 17.9 Å². The van der Waals surface area contributed by atoms with Crippen molar-refractivity contribution in [3.05, 3.63) is 59.2 Å². The molecule has 1 saturated heterocycles. The van der Waals surface area contributed by atoms with E-state index in [9.17, 15) is 18.0 Å². The van der Waals surface area contributed by atoms with Crippen molar-refractivity contribution in [3.63, 3.8) is 0 Å². The maximum atomic E-state index is 12.6. The molecule has 0 radical (unpaired) electrons. The number of carbonyl (C=O) groups excluding carboxylic acids is 1. The van der Waals surface area contributed by atoms with Crippen molar-refractivity contribution in [2.75, 3.05) is 26.7 Å². The summed E-state index contributed by atoms with van der Waals surface area (Å²) in [6, 6.07) is 10.8. The van der Waals surface area contributed by atoms with Crippen LogP contribution in [0.2, 0.25) is 0 Å². The number of carbonyl (C=O) groups is 1. The third-order valence-electron chi connectivity index (χ3n) is 4.69. The Balaban J connectivity index is 1.73. The second-order valence-electron chi connectivity index (χ2n) is 6.81. The maximum Gasteiger partial charge on any atom is 0.573 e. The molecule has 3 rings (SSSR count). The Morgan fingerprint density at radius 2 is 1.76 bits per heavy atom. The van der Waals surface area contributed by atoms with E-state index in [0.717, 1.165) is 31.5 Å². The Kier molecular flexibility index (Phi) is 6.59. The SMILES string of the molecule is COc1ccc(C(=O)CN2CCCC2)cc1/C=C/c1ccc(OC(F)(F)F)cc1. The summed E-state index contributed by atoms with van der Waals surface area (Å²) >= 11 is 0. The summed E-state index contributed by atoms with van der Waals surface area (Å²) < 4.78 is 46.0. The number of rotatable bonds is 7. The van der Waals surface area contributed by atoms with Crippen LogP contribution in [-0.4, -0.2) is 43.8 Å². The molecule has 0 amide bonds. The van der Waals surface area contributed by atoms with E-state index in [4.69, 9.17) is 4.74 Å². The summed E-state index contributed by atoms with van der Waals surface area (Å²) in [7, 11) is 1.54. The van der Waals surface area contributed by atoms with E-state index in [1.165, 1.54) is 24.3 Å². The molecule has 0 atom stereocenters. The average molecular weight is 405 g/mol. The van der Waals surface area contributed by atoms with Crippen molar-refractivity contribution < 1.29 is 27.4 Å². The predicted octanol–water partition coefficient (Wildman–Crippen LogP) is 5.04. The fourth-order valence-electron chi connectivity index (χ4n) is 3.24. The molecule has 7 heteroatoms. The van der Waals surface area contributed by atoms with E-state index in [-0.39, 0.29) is 11.5 Å². The molecule has 2 aromatic rings. The minimum absolute atomic E-state index is 0.0536. The van der Waals surface area contributed by atoms with Crippen LogP contribution >= 0.6 is 0 Å². The molecular formula is C22H22F3NO3. The summed E-state index contributed by atoms with van der Waals surface area (Å²) in [6.45, 7) is 2.29. The summed E-state index contributed by atoms with van der Waals surface area (Å²) in [4.78, 5) is 14.7. The molecule has 0 unspecified atom stereocenters. The van der Waals surface area contributed by atoms with E-state index in [0.29, 0.717) is 23.4 Å². The van der Waals surface area contributed by atoms with Crippen LogP contribution in [0, 0.1) is 0 Å². The summed E-state index contributed by atoms with van der Waals surface area (Å²) in [5.41, 5.74) is 2.01. The number of methoxy groups -OCH3 is 1. The second-order valence-corrected chi connectivity index (χ2v) is 6.81. The van der Waals surface area contributed by atoms with Crippen LogP contribution < -0.4 is 9.47 Å². The molecule has 0 aliphatic carbocycles. The smallest absolute Gasteiger partial charge is 0.496 e. The van der Waals surface area contributed by atoms with Gasteiger partial charge in [0.2, 0.25) is 0 Å². The minimum atomic E-state index is -4.72. The Morgan fingerprint density at radius 1 is 1.07 bits per heavy atom. The van der Waals surface area contributed by atoms with Crippen LogP contribution in [0.25, 0.3) is 12.2 Å². The Bertz CT molecular complexity index is 870. The number of halogens is 3.